The van der Waals surface area contributed by atoms with E-state index in [9.17, 15) is 4.79 Å². The Bertz CT molecular complexity index is 210. The van der Waals surface area contributed by atoms with Crippen molar-refractivity contribution in [2.24, 2.45) is 0 Å². The van der Waals surface area contributed by atoms with E-state index in [2.05, 4.69) is 5.32 Å². The molecule has 0 saturated carbocycles. The van der Waals surface area contributed by atoms with Gasteiger partial charge in [-0.15, -0.1) is 11.8 Å². The summed E-state index contributed by atoms with van der Waals surface area (Å²) in [7, 11) is 0. The topological polar surface area (TPSA) is 49.3 Å². The van der Waals surface area contributed by atoms with Gasteiger partial charge in [-0.05, 0) is 19.3 Å². The Hall–Kier alpha value is -0.640. The van der Waals surface area contributed by atoms with E-state index in [0.717, 1.165) is 5.70 Å². The van der Waals surface area contributed by atoms with Gasteiger partial charge in [-0.3, -0.25) is 4.79 Å². The molecule has 4 heteroatoms. The monoisotopic (exact) mass is 173 g/mol. The number of rotatable bonds is 2. The average molecular weight is 173 g/mol. The molecule has 0 aromatic rings. The van der Waals surface area contributed by atoms with Gasteiger partial charge >= 0.3 is 5.97 Å². The Morgan fingerprint density at radius 1 is 1.82 bits per heavy atom. The first-order valence-corrected chi connectivity index (χ1v) is 4.24. The molecule has 0 radical (unpaired) electrons. The van der Waals surface area contributed by atoms with Crippen molar-refractivity contribution < 1.29 is 9.90 Å². The molecular weight excluding hydrogens is 162 g/mol. The van der Waals surface area contributed by atoms with Crippen molar-refractivity contribution in [1.29, 1.82) is 0 Å². The normalized spacial score (nSPS) is 20.7. The zero-order valence-electron chi connectivity index (χ0n) is 6.55. The van der Waals surface area contributed by atoms with Gasteiger partial charge in [0.1, 0.15) is 0 Å². The number of carbonyl (C=O) groups is 1. The molecule has 1 aliphatic rings. The SMILES string of the molecule is CC1(C)NC(CC(=O)O)=CS1. The minimum Gasteiger partial charge on any atom is -0.481 e. The van der Waals surface area contributed by atoms with E-state index in [1.54, 1.807) is 11.8 Å². The summed E-state index contributed by atoms with van der Waals surface area (Å²) in [6, 6.07) is 0. The van der Waals surface area contributed by atoms with Gasteiger partial charge < -0.3 is 10.4 Å². The lowest BCUT2D eigenvalue weighted by molar-refractivity contribution is -0.136. The maximum absolute atomic E-state index is 10.3. The zero-order valence-corrected chi connectivity index (χ0v) is 7.36. The van der Waals surface area contributed by atoms with Crippen LogP contribution in [0.2, 0.25) is 0 Å². The van der Waals surface area contributed by atoms with Crippen LogP contribution in [0.15, 0.2) is 11.1 Å². The minimum atomic E-state index is -0.790. The molecule has 0 aromatic carbocycles. The van der Waals surface area contributed by atoms with Crippen LogP contribution < -0.4 is 5.32 Å². The Balaban J connectivity index is 2.47. The van der Waals surface area contributed by atoms with Crippen LogP contribution in [-0.4, -0.2) is 15.9 Å². The standard InChI is InChI=1S/C7H11NO2S/c1-7(2)8-5(4-11-7)3-6(9)10/h4,8H,3H2,1-2H3,(H,9,10). The third kappa shape index (κ3) is 2.46. The third-order valence-corrected chi connectivity index (χ3v) is 2.39. The number of carboxylic acid groups (broad SMARTS) is 1. The van der Waals surface area contributed by atoms with Crippen LogP contribution in [0.1, 0.15) is 20.3 Å². The zero-order chi connectivity index (χ0) is 8.48. The highest BCUT2D eigenvalue weighted by Crippen LogP contribution is 2.31. The molecule has 11 heavy (non-hydrogen) atoms. The van der Waals surface area contributed by atoms with Crippen LogP contribution in [-0.2, 0) is 4.79 Å². The molecule has 0 bridgehead atoms. The maximum atomic E-state index is 10.3. The number of hydrogen-bond donors (Lipinski definition) is 2. The summed E-state index contributed by atoms with van der Waals surface area (Å²) < 4.78 is 0. The molecule has 0 aliphatic carbocycles. The molecule has 62 valence electrons. The van der Waals surface area contributed by atoms with Gasteiger partial charge in [-0.2, -0.15) is 0 Å². The van der Waals surface area contributed by atoms with E-state index in [0.29, 0.717) is 0 Å². The quantitative estimate of drug-likeness (QED) is 0.662. The number of aliphatic carboxylic acids is 1. The molecule has 3 nitrogen and oxygen atoms in total. The molecule has 0 unspecified atom stereocenters. The Labute approximate surface area is 69.9 Å². The largest absolute Gasteiger partial charge is 0.481 e. The molecule has 0 spiro atoms. The number of hydrogen-bond acceptors (Lipinski definition) is 3. The summed E-state index contributed by atoms with van der Waals surface area (Å²) in [6.45, 7) is 4.03. The molecule has 0 amide bonds. The lowest BCUT2D eigenvalue weighted by Gasteiger charge is -2.18. The first-order valence-electron chi connectivity index (χ1n) is 3.36. The first kappa shape index (κ1) is 8.46. The predicted octanol–water partition coefficient (Wildman–Crippen LogP) is 1.38. The van der Waals surface area contributed by atoms with Crippen LogP contribution in [0.4, 0.5) is 0 Å². The van der Waals surface area contributed by atoms with Gasteiger partial charge in [0, 0.05) is 5.70 Å². The van der Waals surface area contributed by atoms with Crippen LogP contribution in [0.25, 0.3) is 0 Å². The molecule has 0 saturated heterocycles. The second-order valence-electron chi connectivity index (χ2n) is 2.97. The van der Waals surface area contributed by atoms with Crippen LogP contribution in [0, 0.1) is 0 Å². The molecule has 0 aromatic heterocycles. The summed E-state index contributed by atoms with van der Waals surface area (Å²) >= 11 is 1.61. The molecular formula is C7H11NO2S. The van der Waals surface area contributed by atoms with Crippen molar-refractivity contribution in [3.8, 4) is 0 Å². The van der Waals surface area contributed by atoms with Gasteiger partial charge in [0.15, 0.2) is 0 Å². The maximum Gasteiger partial charge on any atom is 0.309 e. The number of carboxylic acids is 1. The lowest BCUT2D eigenvalue weighted by Crippen LogP contribution is -2.30. The molecule has 2 N–H and O–H groups in total. The smallest absolute Gasteiger partial charge is 0.309 e. The molecule has 0 atom stereocenters. The molecule has 1 heterocycles. The van der Waals surface area contributed by atoms with E-state index < -0.39 is 5.97 Å². The fourth-order valence-corrected chi connectivity index (χ4v) is 1.68. The highest BCUT2D eigenvalue weighted by atomic mass is 32.2. The average Bonchev–Trinajstić information content (AvgIpc) is 2.08. The van der Waals surface area contributed by atoms with Gasteiger partial charge in [0.2, 0.25) is 0 Å². The van der Waals surface area contributed by atoms with Crippen LogP contribution in [0.3, 0.4) is 0 Å². The van der Waals surface area contributed by atoms with Crippen molar-refractivity contribution >= 4 is 17.7 Å². The summed E-state index contributed by atoms with van der Waals surface area (Å²) in [5, 5.41) is 13.4. The molecule has 0 fully saturated rings. The van der Waals surface area contributed by atoms with E-state index in [1.165, 1.54) is 0 Å². The van der Waals surface area contributed by atoms with Gasteiger partial charge in [0.05, 0.1) is 11.3 Å². The Morgan fingerprint density at radius 3 is 2.82 bits per heavy atom. The van der Waals surface area contributed by atoms with Gasteiger partial charge in [-0.1, -0.05) is 0 Å². The Morgan fingerprint density at radius 2 is 2.45 bits per heavy atom. The van der Waals surface area contributed by atoms with E-state index in [4.69, 9.17) is 5.11 Å². The first-order chi connectivity index (χ1) is 4.99. The van der Waals surface area contributed by atoms with Crippen molar-refractivity contribution in [2.75, 3.05) is 0 Å². The number of thioether (sulfide) groups is 1. The van der Waals surface area contributed by atoms with Crippen molar-refractivity contribution in [3.63, 3.8) is 0 Å². The molecule has 1 rings (SSSR count). The summed E-state index contributed by atoms with van der Waals surface area (Å²) in [5.41, 5.74) is 0.799. The van der Waals surface area contributed by atoms with Crippen molar-refractivity contribution in [2.45, 2.75) is 25.1 Å². The van der Waals surface area contributed by atoms with E-state index in [-0.39, 0.29) is 11.3 Å². The number of nitrogens with one attached hydrogen (secondary N) is 1. The highest BCUT2D eigenvalue weighted by molar-refractivity contribution is 8.03. The summed E-state index contributed by atoms with van der Waals surface area (Å²) in [5.74, 6) is -0.790. The van der Waals surface area contributed by atoms with Crippen LogP contribution >= 0.6 is 11.8 Å². The lowest BCUT2D eigenvalue weighted by atomic mass is 10.3. The van der Waals surface area contributed by atoms with Crippen molar-refractivity contribution in [3.05, 3.63) is 11.1 Å². The van der Waals surface area contributed by atoms with Gasteiger partial charge in [0.25, 0.3) is 0 Å². The van der Waals surface area contributed by atoms with E-state index in [1.807, 2.05) is 19.3 Å². The third-order valence-electron chi connectivity index (χ3n) is 1.30. The second kappa shape index (κ2) is 2.77. The second-order valence-corrected chi connectivity index (χ2v) is 4.46. The summed E-state index contributed by atoms with van der Waals surface area (Å²) in [4.78, 5) is 10.2. The highest BCUT2D eigenvalue weighted by Gasteiger charge is 2.24. The van der Waals surface area contributed by atoms with E-state index >= 15 is 0 Å². The fourth-order valence-electron chi connectivity index (χ4n) is 0.913. The fraction of sp³-hybridized carbons (Fsp3) is 0.571. The van der Waals surface area contributed by atoms with Crippen molar-refractivity contribution in [1.82, 2.24) is 5.32 Å². The minimum absolute atomic E-state index is 0.0369. The van der Waals surface area contributed by atoms with Crippen LogP contribution in [0.5, 0.6) is 0 Å². The Kier molecular flexibility index (Phi) is 2.13. The van der Waals surface area contributed by atoms with Gasteiger partial charge in [-0.25, -0.2) is 0 Å². The predicted molar refractivity (Wildman–Crippen MR) is 45.1 cm³/mol. The summed E-state index contributed by atoms with van der Waals surface area (Å²) in [6.07, 6.45) is 0.0937. The molecule has 1 aliphatic heterocycles.